The largest absolute Gasteiger partial charge is 0.389 e. The minimum Gasteiger partial charge on any atom is -0.389 e. The Morgan fingerprint density at radius 3 is 2.63 bits per heavy atom. The molecule has 100 valence electrons. The van der Waals surface area contributed by atoms with Gasteiger partial charge in [-0.3, -0.25) is 9.13 Å². The van der Waals surface area contributed by atoms with E-state index < -0.39 is 0 Å². The van der Waals surface area contributed by atoms with Crippen LogP contribution in [0.25, 0.3) is 0 Å². The van der Waals surface area contributed by atoms with Gasteiger partial charge in [0, 0.05) is 24.5 Å². The quantitative estimate of drug-likeness (QED) is 0.863. The number of nitrogens with zero attached hydrogens (tertiary/aromatic N) is 2. The molecule has 2 aromatic rings. The number of imidazole rings is 1. The molecule has 0 aliphatic carbocycles. The maximum absolute atomic E-state index is 13.3. The van der Waals surface area contributed by atoms with Gasteiger partial charge in [-0.2, -0.15) is 0 Å². The Morgan fingerprint density at radius 1 is 1.37 bits per heavy atom. The normalized spacial score (nSPS) is 10.6. The van der Waals surface area contributed by atoms with E-state index >= 15 is 0 Å². The molecule has 4 nitrogen and oxygen atoms in total. The molecule has 2 rings (SSSR count). The lowest BCUT2D eigenvalue weighted by molar-refractivity contribution is 0.620. The third-order valence-electron chi connectivity index (χ3n) is 2.93. The second-order valence-corrected chi connectivity index (χ2v) is 4.60. The van der Waals surface area contributed by atoms with Gasteiger partial charge in [0.15, 0.2) is 0 Å². The van der Waals surface area contributed by atoms with Gasteiger partial charge in [0.25, 0.3) is 0 Å². The molecule has 1 heterocycles. The molecule has 0 saturated carbocycles. The first-order valence-electron chi connectivity index (χ1n) is 5.86. The van der Waals surface area contributed by atoms with E-state index in [0.29, 0.717) is 17.7 Å². The van der Waals surface area contributed by atoms with Gasteiger partial charge in [-0.05, 0) is 30.7 Å². The molecule has 0 spiro atoms. The third-order valence-corrected chi connectivity index (χ3v) is 3.15. The first kappa shape index (κ1) is 13.5. The average Bonchev–Trinajstić information content (AvgIpc) is 2.70. The van der Waals surface area contributed by atoms with Crippen molar-refractivity contribution in [3.05, 3.63) is 58.0 Å². The molecule has 0 fully saturated rings. The third kappa shape index (κ3) is 2.73. The van der Waals surface area contributed by atoms with Crippen molar-refractivity contribution >= 4 is 17.2 Å². The molecule has 2 N–H and O–H groups in total. The Morgan fingerprint density at radius 2 is 2.05 bits per heavy atom. The van der Waals surface area contributed by atoms with Crippen molar-refractivity contribution in [2.24, 2.45) is 5.73 Å². The lowest BCUT2D eigenvalue weighted by Crippen LogP contribution is -2.25. The number of hydrogen-bond acceptors (Lipinski definition) is 2. The molecule has 0 aliphatic rings. The summed E-state index contributed by atoms with van der Waals surface area (Å²) in [5.41, 5.74) is 6.66. The zero-order valence-electron chi connectivity index (χ0n) is 10.5. The fourth-order valence-corrected chi connectivity index (χ4v) is 2.13. The molecule has 0 radical (unpaired) electrons. The summed E-state index contributed by atoms with van der Waals surface area (Å²) >= 11 is 4.93. The van der Waals surface area contributed by atoms with Crippen LogP contribution < -0.4 is 11.4 Å². The van der Waals surface area contributed by atoms with Crippen LogP contribution in [0.4, 0.5) is 4.39 Å². The van der Waals surface area contributed by atoms with Gasteiger partial charge >= 0.3 is 5.69 Å². The Hall–Kier alpha value is -1.95. The summed E-state index contributed by atoms with van der Waals surface area (Å²) in [7, 11) is 0. The maximum Gasteiger partial charge on any atom is 0.328 e. The predicted molar refractivity (Wildman–Crippen MR) is 75.8 cm³/mol. The topological polar surface area (TPSA) is 52.9 Å². The highest BCUT2D eigenvalue weighted by Crippen LogP contribution is 2.12. The van der Waals surface area contributed by atoms with Crippen molar-refractivity contribution in [2.45, 2.75) is 20.0 Å². The van der Waals surface area contributed by atoms with Gasteiger partial charge in [0.05, 0.1) is 6.54 Å². The number of nitrogens with two attached hydrogens (primary N) is 1. The lowest BCUT2D eigenvalue weighted by Gasteiger charge is -2.08. The SMILES string of the molecule is CCn1ccn(Cc2cc(F)ccc2C(N)=S)c1=O. The van der Waals surface area contributed by atoms with Gasteiger partial charge in [0.2, 0.25) is 0 Å². The van der Waals surface area contributed by atoms with E-state index in [9.17, 15) is 9.18 Å². The summed E-state index contributed by atoms with van der Waals surface area (Å²) in [5.74, 6) is -0.377. The van der Waals surface area contributed by atoms with Crippen LogP contribution in [-0.2, 0) is 13.1 Å². The van der Waals surface area contributed by atoms with Crippen molar-refractivity contribution in [1.29, 1.82) is 0 Å². The van der Waals surface area contributed by atoms with E-state index in [1.807, 2.05) is 6.92 Å². The van der Waals surface area contributed by atoms with Gasteiger partial charge in [-0.15, -0.1) is 0 Å². The van der Waals surface area contributed by atoms with Gasteiger partial charge in [0.1, 0.15) is 10.8 Å². The standard InChI is InChI=1S/C13H14FN3OS/c1-2-16-5-6-17(13(16)18)8-9-7-10(14)3-4-11(9)12(15)19/h3-7H,2,8H2,1H3,(H2,15,19). The van der Waals surface area contributed by atoms with Gasteiger partial charge in [-0.1, -0.05) is 12.2 Å². The van der Waals surface area contributed by atoms with Crippen molar-refractivity contribution in [3.63, 3.8) is 0 Å². The van der Waals surface area contributed by atoms with E-state index in [2.05, 4.69) is 0 Å². The van der Waals surface area contributed by atoms with Crippen molar-refractivity contribution in [2.75, 3.05) is 0 Å². The molecule has 1 aromatic carbocycles. The number of thiocarbonyl (C=S) groups is 1. The highest BCUT2D eigenvalue weighted by Gasteiger charge is 2.09. The Kier molecular flexibility index (Phi) is 3.80. The molecule has 0 bridgehead atoms. The number of rotatable bonds is 4. The first-order valence-corrected chi connectivity index (χ1v) is 6.27. The highest BCUT2D eigenvalue weighted by atomic mass is 32.1. The van der Waals surface area contributed by atoms with Crippen LogP contribution in [0.3, 0.4) is 0 Å². The van der Waals surface area contributed by atoms with Crippen LogP contribution in [0.5, 0.6) is 0 Å². The second kappa shape index (κ2) is 5.36. The van der Waals surface area contributed by atoms with Crippen LogP contribution in [0.15, 0.2) is 35.4 Å². The van der Waals surface area contributed by atoms with Crippen LogP contribution in [-0.4, -0.2) is 14.1 Å². The molecular formula is C13H14FN3OS. The number of aromatic nitrogens is 2. The van der Waals surface area contributed by atoms with Gasteiger partial charge < -0.3 is 5.73 Å². The molecule has 0 saturated heterocycles. The van der Waals surface area contributed by atoms with Gasteiger partial charge in [-0.25, -0.2) is 9.18 Å². The number of halogens is 1. The van der Waals surface area contributed by atoms with Crippen LogP contribution >= 0.6 is 12.2 Å². The Labute approximate surface area is 115 Å². The minimum atomic E-state index is -0.377. The fourth-order valence-electron chi connectivity index (χ4n) is 1.93. The number of benzene rings is 1. The van der Waals surface area contributed by atoms with E-state index in [1.54, 1.807) is 17.0 Å². The van der Waals surface area contributed by atoms with Crippen molar-refractivity contribution in [3.8, 4) is 0 Å². The maximum atomic E-state index is 13.3. The average molecular weight is 279 g/mol. The van der Waals surface area contributed by atoms with E-state index in [1.165, 1.54) is 22.8 Å². The van der Waals surface area contributed by atoms with Crippen molar-refractivity contribution in [1.82, 2.24) is 9.13 Å². The predicted octanol–water partition coefficient (Wildman–Crippen LogP) is 1.49. The van der Waals surface area contributed by atoms with Crippen LogP contribution in [0.2, 0.25) is 0 Å². The smallest absolute Gasteiger partial charge is 0.328 e. The summed E-state index contributed by atoms with van der Waals surface area (Å²) in [5, 5.41) is 0. The summed E-state index contributed by atoms with van der Waals surface area (Å²) in [4.78, 5) is 12.1. The lowest BCUT2D eigenvalue weighted by atomic mass is 10.1. The molecule has 1 aromatic heterocycles. The molecule has 0 atom stereocenters. The molecule has 6 heteroatoms. The number of aryl methyl sites for hydroxylation is 1. The highest BCUT2D eigenvalue weighted by molar-refractivity contribution is 7.80. The zero-order chi connectivity index (χ0) is 14.0. The fraction of sp³-hybridized carbons (Fsp3) is 0.231. The molecule has 19 heavy (non-hydrogen) atoms. The minimum absolute atomic E-state index is 0.138. The molecule has 0 unspecified atom stereocenters. The Balaban J connectivity index is 2.42. The second-order valence-electron chi connectivity index (χ2n) is 4.16. The Bertz CT molecular complexity index is 675. The van der Waals surface area contributed by atoms with E-state index in [-0.39, 0.29) is 23.0 Å². The number of hydrogen-bond donors (Lipinski definition) is 1. The van der Waals surface area contributed by atoms with E-state index in [0.717, 1.165) is 0 Å². The monoisotopic (exact) mass is 279 g/mol. The molecular weight excluding hydrogens is 265 g/mol. The van der Waals surface area contributed by atoms with E-state index in [4.69, 9.17) is 18.0 Å². The first-order chi connectivity index (χ1) is 9.02. The summed E-state index contributed by atoms with van der Waals surface area (Å²) in [6, 6.07) is 4.19. The summed E-state index contributed by atoms with van der Waals surface area (Å²) in [6.45, 7) is 2.72. The molecule has 0 amide bonds. The van der Waals surface area contributed by atoms with Crippen molar-refractivity contribution < 1.29 is 4.39 Å². The zero-order valence-corrected chi connectivity index (χ0v) is 11.3. The summed E-state index contributed by atoms with van der Waals surface area (Å²) < 4.78 is 16.4. The molecule has 0 aliphatic heterocycles. The van der Waals surface area contributed by atoms with Crippen LogP contribution in [0.1, 0.15) is 18.1 Å². The van der Waals surface area contributed by atoms with Crippen LogP contribution in [0, 0.1) is 5.82 Å². The summed E-state index contributed by atoms with van der Waals surface area (Å²) in [6.07, 6.45) is 3.36.